The molecule has 0 aliphatic heterocycles. The van der Waals surface area contributed by atoms with Crippen molar-refractivity contribution in [2.45, 2.75) is 142 Å². The maximum Gasteiger partial charge on any atom is 0.224 e. The fraction of sp³-hybridized carbons (Fsp3) is 0.960. The Balaban J connectivity index is 0. The van der Waals surface area contributed by atoms with Gasteiger partial charge in [0.15, 0.2) is 12.4 Å². The number of aliphatic hydroxyl groups excluding tert-OH is 1. The Hall–Kier alpha value is -1.41. The summed E-state index contributed by atoms with van der Waals surface area (Å²) in [4.78, 5) is 20.5. The van der Waals surface area contributed by atoms with Crippen LogP contribution < -0.4 is 5.32 Å². The van der Waals surface area contributed by atoms with Crippen molar-refractivity contribution in [3.05, 3.63) is 15.3 Å². The standard InChI is InChI=1S/C25H52N2O2.NO3/c1-6-8-9-10-11-12-13-14-15-16-17-18-19-20-21-22-25(29)26-24(7-2)27(4,5)23(3)28;2-1(3)4/h23-24,28H,6-22H2,1-5H3;/q;-1/p+1. The highest BCUT2D eigenvalue weighted by Crippen LogP contribution is 2.15. The van der Waals surface area contributed by atoms with Crippen LogP contribution in [-0.4, -0.2) is 47.1 Å². The van der Waals surface area contributed by atoms with Crippen molar-refractivity contribution in [3.8, 4) is 0 Å². The third kappa shape index (κ3) is 22.2. The van der Waals surface area contributed by atoms with Crippen LogP contribution in [0.15, 0.2) is 0 Å². The number of hydrogen-bond acceptors (Lipinski definition) is 5. The van der Waals surface area contributed by atoms with Crippen LogP contribution in [0, 0.1) is 15.3 Å². The van der Waals surface area contributed by atoms with Crippen molar-refractivity contribution in [2.24, 2.45) is 0 Å². The molecule has 0 aromatic rings. The first-order valence-electron chi connectivity index (χ1n) is 13.2. The number of nitrogens with one attached hydrogen (secondary N) is 1. The van der Waals surface area contributed by atoms with Crippen molar-refractivity contribution < 1.29 is 19.5 Å². The molecule has 0 heterocycles. The highest BCUT2D eigenvalue weighted by Gasteiger charge is 2.32. The number of rotatable bonds is 20. The number of nitrogens with zero attached hydrogens (tertiary/aromatic N) is 2. The molecule has 1 amide bonds. The van der Waals surface area contributed by atoms with E-state index in [9.17, 15) is 9.90 Å². The third-order valence-corrected chi connectivity index (χ3v) is 6.49. The normalized spacial score (nSPS) is 13.0. The van der Waals surface area contributed by atoms with Crippen LogP contribution in [-0.2, 0) is 4.79 Å². The smallest absolute Gasteiger partial charge is 0.224 e. The number of amides is 1. The van der Waals surface area contributed by atoms with Gasteiger partial charge in [-0.25, -0.2) is 0 Å². The van der Waals surface area contributed by atoms with Crippen LogP contribution in [0.25, 0.3) is 0 Å². The predicted molar refractivity (Wildman–Crippen MR) is 136 cm³/mol. The molecular formula is C25H53N3O5. The van der Waals surface area contributed by atoms with Crippen LogP contribution in [0.2, 0.25) is 0 Å². The van der Waals surface area contributed by atoms with Crippen LogP contribution in [0.5, 0.6) is 0 Å². The first-order valence-corrected chi connectivity index (χ1v) is 13.2. The van der Waals surface area contributed by atoms with E-state index in [2.05, 4.69) is 19.2 Å². The molecule has 8 nitrogen and oxygen atoms in total. The molecule has 0 bridgehead atoms. The summed E-state index contributed by atoms with van der Waals surface area (Å²) in [6.07, 6.45) is 21.0. The summed E-state index contributed by atoms with van der Waals surface area (Å²) in [7, 11) is 3.93. The number of carbonyl (C=O) groups is 1. The van der Waals surface area contributed by atoms with Gasteiger partial charge in [-0.15, -0.1) is 0 Å². The van der Waals surface area contributed by atoms with E-state index in [4.69, 9.17) is 15.3 Å². The van der Waals surface area contributed by atoms with Gasteiger partial charge in [-0.1, -0.05) is 104 Å². The molecule has 0 radical (unpaired) electrons. The van der Waals surface area contributed by atoms with Crippen LogP contribution in [0.4, 0.5) is 0 Å². The van der Waals surface area contributed by atoms with Gasteiger partial charge in [0.05, 0.1) is 19.2 Å². The van der Waals surface area contributed by atoms with Gasteiger partial charge >= 0.3 is 0 Å². The molecule has 33 heavy (non-hydrogen) atoms. The van der Waals surface area contributed by atoms with Gasteiger partial charge in [0.2, 0.25) is 5.91 Å². The van der Waals surface area contributed by atoms with Gasteiger partial charge in [0.25, 0.3) is 0 Å². The summed E-state index contributed by atoms with van der Waals surface area (Å²) in [5, 5.41) is 27.8. The van der Waals surface area contributed by atoms with Crippen molar-refractivity contribution in [3.63, 3.8) is 0 Å². The largest absolute Gasteiger partial charge is 0.356 e. The van der Waals surface area contributed by atoms with E-state index in [1.54, 1.807) is 6.92 Å². The van der Waals surface area contributed by atoms with Crippen molar-refractivity contribution in [1.29, 1.82) is 0 Å². The number of unbranched alkanes of at least 4 members (excludes halogenated alkanes) is 14. The molecular weight excluding hydrogens is 422 g/mol. The van der Waals surface area contributed by atoms with Gasteiger partial charge in [-0.3, -0.25) is 9.28 Å². The van der Waals surface area contributed by atoms with Gasteiger partial charge in [0, 0.05) is 19.8 Å². The van der Waals surface area contributed by atoms with E-state index < -0.39 is 11.3 Å². The Morgan fingerprint density at radius 2 is 1.15 bits per heavy atom. The van der Waals surface area contributed by atoms with E-state index >= 15 is 0 Å². The molecule has 0 aliphatic rings. The van der Waals surface area contributed by atoms with Crippen molar-refractivity contribution in [2.75, 3.05) is 14.1 Å². The van der Waals surface area contributed by atoms with Crippen molar-refractivity contribution in [1.82, 2.24) is 5.32 Å². The molecule has 0 saturated heterocycles. The maximum absolute atomic E-state index is 12.2. The zero-order valence-electron chi connectivity index (χ0n) is 22.2. The van der Waals surface area contributed by atoms with Gasteiger partial charge in [-0.2, -0.15) is 0 Å². The molecule has 2 atom stereocenters. The maximum atomic E-state index is 12.2. The molecule has 0 spiro atoms. The van der Waals surface area contributed by atoms with Crippen LogP contribution in [0.1, 0.15) is 130 Å². The number of carbonyl (C=O) groups excluding carboxylic acids is 1. The summed E-state index contributed by atoms with van der Waals surface area (Å²) >= 11 is 0. The molecule has 0 saturated carbocycles. The summed E-state index contributed by atoms with van der Waals surface area (Å²) in [5.41, 5.74) is 0. The van der Waals surface area contributed by atoms with Gasteiger partial charge in [-0.05, 0) is 6.42 Å². The molecule has 0 aliphatic carbocycles. The quantitative estimate of drug-likeness (QED) is 0.0707. The van der Waals surface area contributed by atoms with E-state index in [0.717, 1.165) is 19.3 Å². The summed E-state index contributed by atoms with van der Waals surface area (Å²) in [6.45, 7) is 6.12. The first-order chi connectivity index (χ1) is 15.6. The van der Waals surface area contributed by atoms with Crippen LogP contribution in [0.3, 0.4) is 0 Å². The SMILES string of the molecule is CCCCCCCCCCCCCCCCCC(=O)NC(CC)[N+](C)(C)C(C)O.O=[N+]([O-])[O-]. The number of aliphatic hydroxyl groups is 1. The average Bonchev–Trinajstić information content (AvgIpc) is 2.74. The predicted octanol–water partition coefficient (Wildman–Crippen LogP) is 6.28. The number of quaternary nitrogens is 1. The lowest BCUT2D eigenvalue weighted by atomic mass is 10.0. The van der Waals surface area contributed by atoms with Gasteiger partial charge < -0.3 is 25.7 Å². The fourth-order valence-electron chi connectivity index (χ4n) is 3.91. The van der Waals surface area contributed by atoms with Crippen molar-refractivity contribution >= 4 is 5.91 Å². The topological polar surface area (TPSA) is 116 Å². The Morgan fingerprint density at radius 3 is 1.45 bits per heavy atom. The second-order valence-corrected chi connectivity index (χ2v) is 9.68. The highest BCUT2D eigenvalue weighted by atomic mass is 16.9. The second kappa shape index (κ2) is 22.4. The minimum absolute atomic E-state index is 0.0289. The van der Waals surface area contributed by atoms with Crippen LogP contribution >= 0.6 is 0 Å². The zero-order chi connectivity index (χ0) is 25.5. The van der Waals surface area contributed by atoms with E-state index in [1.807, 2.05) is 14.1 Å². The lowest BCUT2D eigenvalue weighted by Crippen LogP contribution is -2.61. The Bertz CT molecular complexity index is 469. The lowest BCUT2D eigenvalue weighted by molar-refractivity contribution is -0.959. The Kier molecular flexibility index (Phi) is 22.9. The van der Waals surface area contributed by atoms with E-state index in [0.29, 0.717) is 10.9 Å². The fourth-order valence-corrected chi connectivity index (χ4v) is 3.91. The molecule has 0 aromatic carbocycles. The number of hydrogen-bond donors (Lipinski definition) is 2. The van der Waals surface area contributed by atoms with E-state index in [1.165, 1.54) is 83.5 Å². The Morgan fingerprint density at radius 1 is 0.818 bits per heavy atom. The summed E-state index contributed by atoms with van der Waals surface area (Å²) in [6, 6.07) is 0. The summed E-state index contributed by atoms with van der Waals surface area (Å²) < 4.78 is 0.404. The minimum atomic E-state index is -1.75. The molecule has 2 unspecified atom stereocenters. The average molecular weight is 476 g/mol. The van der Waals surface area contributed by atoms with Gasteiger partial charge in [0.1, 0.15) is 0 Å². The molecule has 0 rings (SSSR count). The lowest BCUT2D eigenvalue weighted by Gasteiger charge is -2.40. The third-order valence-electron chi connectivity index (χ3n) is 6.49. The molecule has 2 N–H and O–H groups in total. The first kappa shape index (κ1) is 33.8. The molecule has 0 aromatic heterocycles. The monoisotopic (exact) mass is 475 g/mol. The Labute approximate surface area is 202 Å². The second-order valence-electron chi connectivity index (χ2n) is 9.68. The summed E-state index contributed by atoms with van der Waals surface area (Å²) in [5.74, 6) is 0.124. The molecule has 8 heteroatoms. The zero-order valence-corrected chi connectivity index (χ0v) is 22.2. The molecule has 0 fully saturated rings. The molecule has 198 valence electrons. The highest BCUT2D eigenvalue weighted by molar-refractivity contribution is 5.75. The van der Waals surface area contributed by atoms with E-state index in [-0.39, 0.29) is 12.1 Å². The minimum Gasteiger partial charge on any atom is -0.356 e.